The van der Waals surface area contributed by atoms with Gasteiger partial charge in [-0.05, 0) is 6.07 Å². The van der Waals surface area contributed by atoms with E-state index in [9.17, 15) is 4.79 Å². The molecule has 0 unspecified atom stereocenters. The summed E-state index contributed by atoms with van der Waals surface area (Å²) in [6.45, 7) is 0. The van der Waals surface area contributed by atoms with Crippen LogP contribution in [-0.2, 0) is 0 Å². The Bertz CT molecular complexity index is 540. The Kier molecular flexibility index (Phi) is 2.72. The normalized spacial score (nSPS) is 11.1. The average molecular weight is 215 g/mol. The summed E-state index contributed by atoms with van der Waals surface area (Å²) in [5.74, 6) is -0.00819. The molecule has 2 aromatic heterocycles. The molecule has 0 radical (unpaired) electrons. The molecule has 0 aliphatic rings. The van der Waals surface area contributed by atoms with Crippen LogP contribution < -0.4 is 0 Å². The van der Waals surface area contributed by atoms with Crippen molar-refractivity contribution < 1.29 is 4.79 Å². The van der Waals surface area contributed by atoms with Gasteiger partial charge >= 0.3 is 0 Å². The van der Waals surface area contributed by atoms with Gasteiger partial charge in [-0.15, -0.1) is 0 Å². The fourth-order valence-electron chi connectivity index (χ4n) is 1.48. The van der Waals surface area contributed by atoms with Crippen LogP contribution >= 0.6 is 0 Å². The highest BCUT2D eigenvalue weighted by Gasteiger charge is 2.08. The van der Waals surface area contributed by atoms with Gasteiger partial charge in [-0.25, -0.2) is 0 Å². The minimum absolute atomic E-state index is 0.00819. The highest BCUT2D eigenvalue weighted by molar-refractivity contribution is 6.13. The Morgan fingerprint density at radius 3 is 3.06 bits per heavy atom. The van der Waals surface area contributed by atoms with E-state index in [1.165, 1.54) is 0 Å². The lowest BCUT2D eigenvalue weighted by Crippen LogP contribution is -2.02. The number of ketones is 1. The Morgan fingerprint density at radius 2 is 2.31 bits per heavy atom. The predicted octanol–water partition coefficient (Wildman–Crippen LogP) is 1.82. The van der Waals surface area contributed by atoms with E-state index in [4.69, 9.17) is 0 Å². The first-order chi connectivity index (χ1) is 7.68. The maximum Gasteiger partial charge on any atom is 0.189 e. The molecular formula is C12H13N3O. The number of nitrogens with zero attached hydrogens (tertiary/aromatic N) is 2. The SMILES string of the molecule is CN(C)/C=C/C(=O)c1c[nH]c2cnccc12. The maximum atomic E-state index is 11.9. The van der Waals surface area contributed by atoms with Crippen molar-refractivity contribution in [2.75, 3.05) is 14.1 Å². The first-order valence-electron chi connectivity index (χ1n) is 4.98. The summed E-state index contributed by atoms with van der Waals surface area (Å²) in [6.07, 6.45) is 8.41. The summed E-state index contributed by atoms with van der Waals surface area (Å²) < 4.78 is 0. The number of H-pyrrole nitrogens is 1. The van der Waals surface area contributed by atoms with E-state index in [0.717, 1.165) is 10.9 Å². The number of aromatic amines is 1. The molecule has 4 nitrogen and oxygen atoms in total. The maximum absolute atomic E-state index is 11.9. The number of rotatable bonds is 3. The molecular weight excluding hydrogens is 202 g/mol. The molecule has 0 fully saturated rings. The summed E-state index contributed by atoms with van der Waals surface area (Å²) in [7, 11) is 3.76. The van der Waals surface area contributed by atoms with Crippen molar-refractivity contribution in [2.24, 2.45) is 0 Å². The molecule has 0 aromatic carbocycles. The van der Waals surface area contributed by atoms with Crippen LogP contribution in [0.25, 0.3) is 10.9 Å². The van der Waals surface area contributed by atoms with Crippen molar-refractivity contribution in [3.05, 3.63) is 42.5 Å². The highest BCUT2D eigenvalue weighted by Crippen LogP contribution is 2.17. The van der Waals surface area contributed by atoms with Crippen LogP contribution in [0.4, 0.5) is 0 Å². The number of nitrogens with one attached hydrogen (secondary N) is 1. The van der Waals surface area contributed by atoms with Gasteiger partial charge in [-0.2, -0.15) is 0 Å². The number of fused-ring (bicyclic) bond motifs is 1. The first-order valence-corrected chi connectivity index (χ1v) is 4.98. The zero-order chi connectivity index (χ0) is 11.5. The number of carbonyl (C=O) groups is 1. The van der Waals surface area contributed by atoms with Gasteiger partial charge < -0.3 is 9.88 Å². The fraction of sp³-hybridized carbons (Fsp3) is 0.167. The van der Waals surface area contributed by atoms with Crippen molar-refractivity contribution in [3.63, 3.8) is 0 Å². The number of pyridine rings is 1. The van der Waals surface area contributed by atoms with Gasteiger partial charge in [-0.1, -0.05) is 0 Å². The van der Waals surface area contributed by atoms with Crippen LogP contribution in [0.3, 0.4) is 0 Å². The number of aromatic nitrogens is 2. The predicted molar refractivity (Wildman–Crippen MR) is 63.3 cm³/mol. The van der Waals surface area contributed by atoms with Gasteiger partial charge in [-0.3, -0.25) is 9.78 Å². The van der Waals surface area contributed by atoms with E-state index in [-0.39, 0.29) is 5.78 Å². The molecule has 82 valence electrons. The second-order valence-electron chi connectivity index (χ2n) is 3.77. The molecule has 2 rings (SSSR count). The molecule has 0 bridgehead atoms. The number of hydrogen-bond acceptors (Lipinski definition) is 3. The summed E-state index contributed by atoms with van der Waals surface area (Å²) in [4.78, 5) is 20.7. The number of hydrogen-bond donors (Lipinski definition) is 1. The largest absolute Gasteiger partial charge is 0.383 e. The summed E-state index contributed by atoms with van der Waals surface area (Å²) in [6, 6.07) is 1.84. The zero-order valence-corrected chi connectivity index (χ0v) is 9.27. The molecule has 2 aromatic rings. The van der Waals surface area contributed by atoms with E-state index < -0.39 is 0 Å². The average Bonchev–Trinajstić information content (AvgIpc) is 2.69. The van der Waals surface area contributed by atoms with Crippen molar-refractivity contribution in [2.45, 2.75) is 0 Å². The van der Waals surface area contributed by atoms with Gasteiger partial charge in [0.2, 0.25) is 0 Å². The lowest BCUT2D eigenvalue weighted by Gasteiger charge is -2.02. The number of carbonyl (C=O) groups excluding carboxylic acids is 1. The summed E-state index contributed by atoms with van der Waals surface area (Å²) in [5.41, 5.74) is 1.56. The standard InChI is InChI=1S/C12H13N3O/c1-15(2)6-4-12(16)10-7-14-11-8-13-5-3-9(10)11/h3-8,14H,1-2H3/b6-4+. The van der Waals surface area contributed by atoms with E-state index in [1.54, 1.807) is 30.9 Å². The molecule has 1 N–H and O–H groups in total. The van der Waals surface area contributed by atoms with Crippen LogP contribution in [-0.4, -0.2) is 34.7 Å². The number of allylic oxidation sites excluding steroid dienone is 1. The Labute approximate surface area is 93.6 Å². The molecule has 4 heteroatoms. The third-order valence-electron chi connectivity index (χ3n) is 2.27. The molecule has 0 aliphatic heterocycles. The van der Waals surface area contributed by atoms with Crippen molar-refractivity contribution >= 4 is 16.7 Å². The molecule has 0 saturated heterocycles. The third kappa shape index (κ3) is 1.95. The van der Waals surface area contributed by atoms with Gasteiger partial charge in [0.15, 0.2) is 5.78 Å². The van der Waals surface area contributed by atoms with E-state index >= 15 is 0 Å². The second kappa shape index (κ2) is 4.18. The lowest BCUT2D eigenvalue weighted by molar-refractivity contribution is 0.104. The lowest BCUT2D eigenvalue weighted by atomic mass is 10.1. The molecule has 0 aliphatic carbocycles. The van der Waals surface area contributed by atoms with Gasteiger partial charge in [0, 0.05) is 49.7 Å². The van der Waals surface area contributed by atoms with Crippen molar-refractivity contribution in [3.8, 4) is 0 Å². The molecule has 0 atom stereocenters. The Hall–Kier alpha value is -2.10. The van der Waals surface area contributed by atoms with Crippen LogP contribution in [0.2, 0.25) is 0 Å². The van der Waals surface area contributed by atoms with E-state index in [1.807, 2.05) is 25.1 Å². The minimum Gasteiger partial charge on any atom is -0.383 e. The molecule has 0 spiro atoms. The van der Waals surface area contributed by atoms with E-state index in [0.29, 0.717) is 5.56 Å². The monoisotopic (exact) mass is 215 g/mol. The second-order valence-corrected chi connectivity index (χ2v) is 3.77. The van der Waals surface area contributed by atoms with Crippen LogP contribution in [0.1, 0.15) is 10.4 Å². The summed E-state index contributed by atoms with van der Waals surface area (Å²) in [5, 5.41) is 0.906. The van der Waals surface area contributed by atoms with Gasteiger partial charge in [0.25, 0.3) is 0 Å². The highest BCUT2D eigenvalue weighted by atomic mass is 16.1. The molecule has 16 heavy (non-hydrogen) atoms. The first kappa shape index (κ1) is 10.4. The van der Waals surface area contributed by atoms with Crippen LogP contribution in [0, 0.1) is 0 Å². The Morgan fingerprint density at radius 1 is 1.50 bits per heavy atom. The van der Waals surface area contributed by atoms with Gasteiger partial charge in [0.1, 0.15) is 0 Å². The minimum atomic E-state index is -0.00819. The Balaban J connectivity index is 2.37. The molecule has 0 saturated carbocycles. The fourth-order valence-corrected chi connectivity index (χ4v) is 1.48. The van der Waals surface area contributed by atoms with Crippen molar-refractivity contribution in [1.82, 2.24) is 14.9 Å². The zero-order valence-electron chi connectivity index (χ0n) is 9.27. The quantitative estimate of drug-likeness (QED) is 0.627. The molecule has 2 heterocycles. The molecule has 0 amide bonds. The smallest absolute Gasteiger partial charge is 0.189 e. The van der Waals surface area contributed by atoms with Crippen molar-refractivity contribution in [1.29, 1.82) is 0 Å². The van der Waals surface area contributed by atoms with Crippen LogP contribution in [0.15, 0.2) is 36.9 Å². The van der Waals surface area contributed by atoms with E-state index in [2.05, 4.69) is 9.97 Å². The van der Waals surface area contributed by atoms with Gasteiger partial charge in [0.05, 0.1) is 11.7 Å². The third-order valence-corrected chi connectivity index (χ3v) is 2.27. The van der Waals surface area contributed by atoms with Crippen LogP contribution in [0.5, 0.6) is 0 Å². The topological polar surface area (TPSA) is 49.0 Å². The summed E-state index contributed by atoms with van der Waals surface area (Å²) >= 11 is 0.